The van der Waals surface area contributed by atoms with E-state index < -0.39 is 24.3 Å². The Bertz CT molecular complexity index is 641. The van der Waals surface area contributed by atoms with Gasteiger partial charge in [-0.25, -0.2) is 0 Å². The van der Waals surface area contributed by atoms with Gasteiger partial charge in [-0.2, -0.15) is 26.3 Å². The molecule has 9 heteroatoms. The minimum atomic E-state index is -4.45. The molecule has 158 valence electrons. The molecule has 0 N–H and O–H groups in total. The summed E-state index contributed by atoms with van der Waals surface area (Å²) in [6.45, 7) is 0.668. The molecule has 0 aliphatic carbocycles. The number of methoxy groups -OCH3 is 1. The first-order chi connectivity index (χ1) is 13.0. The number of ether oxygens (including phenoxy) is 1. The minimum Gasteiger partial charge on any atom is -0.469 e. The molecule has 2 rings (SSSR count). The van der Waals surface area contributed by atoms with Crippen molar-refractivity contribution in [2.45, 2.75) is 50.5 Å². The van der Waals surface area contributed by atoms with Crippen LogP contribution in [-0.2, 0) is 15.7 Å². The van der Waals surface area contributed by atoms with Crippen molar-refractivity contribution in [3.05, 3.63) is 35.4 Å². The summed E-state index contributed by atoms with van der Waals surface area (Å²) < 4.78 is 80.4. The number of piperidine rings is 1. The summed E-state index contributed by atoms with van der Waals surface area (Å²) in [6.07, 6.45) is -8.40. The summed E-state index contributed by atoms with van der Waals surface area (Å²) in [5, 5.41) is 0. The lowest BCUT2D eigenvalue weighted by molar-refractivity contribution is -0.143. The van der Waals surface area contributed by atoms with Crippen LogP contribution in [0, 0.1) is 5.92 Å². The largest absolute Gasteiger partial charge is 0.469 e. The smallest absolute Gasteiger partial charge is 0.416 e. The van der Waals surface area contributed by atoms with Gasteiger partial charge in [0.15, 0.2) is 0 Å². The van der Waals surface area contributed by atoms with Gasteiger partial charge in [0.05, 0.1) is 12.7 Å². The average molecular weight is 411 g/mol. The highest BCUT2D eigenvalue weighted by Crippen LogP contribution is 2.38. The number of benzene rings is 1. The second-order valence-corrected chi connectivity index (χ2v) is 7.06. The predicted octanol–water partition coefficient (Wildman–Crippen LogP) is 5.36. The van der Waals surface area contributed by atoms with Crippen molar-refractivity contribution in [2.75, 3.05) is 20.2 Å². The van der Waals surface area contributed by atoms with E-state index in [-0.39, 0.29) is 37.3 Å². The van der Waals surface area contributed by atoms with Crippen LogP contribution in [0.1, 0.15) is 49.3 Å². The van der Waals surface area contributed by atoms with Gasteiger partial charge < -0.3 is 4.74 Å². The molecule has 0 bridgehead atoms. The zero-order chi connectivity index (χ0) is 20.9. The van der Waals surface area contributed by atoms with E-state index in [9.17, 15) is 31.1 Å². The van der Waals surface area contributed by atoms with Gasteiger partial charge in [0.25, 0.3) is 0 Å². The number of carbonyl (C=O) groups excluding carboxylic acids is 1. The van der Waals surface area contributed by atoms with Crippen LogP contribution < -0.4 is 0 Å². The SMILES string of the molecule is COC(=O)C[C@@H]1CCN(CCCC(F)(F)F)C(c2ccc(C(F)(F)F)cc2)C1. The fraction of sp³-hybridized carbons (Fsp3) is 0.632. The van der Waals surface area contributed by atoms with Crippen molar-refractivity contribution in [1.29, 1.82) is 0 Å². The second-order valence-electron chi connectivity index (χ2n) is 7.06. The summed E-state index contributed by atoms with van der Waals surface area (Å²) in [7, 11) is 1.28. The molecule has 0 aromatic heterocycles. The normalized spacial score (nSPS) is 21.5. The molecule has 0 radical (unpaired) electrons. The summed E-state index contributed by atoms with van der Waals surface area (Å²) >= 11 is 0. The van der Waals surface area contributed by atoms with Gasteiger partial charge in [-0.05, 0) is 56.0 Å². The van der Waals surface area contributed by atoms with Crippen molar-refractivity contribution in [2.24, 2.45) is 5.92 Å². The number of rotatable bonds is 6. The lowest BCUT2D eigenvalue weighted by atomic mass is 9.85. The van der Waals surface area contributed by atoms with Crippen LogP contribution in [0.5, 0.6) is 0 Å². The molecule has 1 heterocycles. The highest BCUT2D eigenvalue weighted by molar-refractivity contribution is 5.69. The third-order valence-electron chi connectivity index (χ3n) is 5.03. The van der Waals surface area contributed by atoms with Crippen LogP contribution in [0.2, 0.25) is 0 Å². The maximum atomic E-state index is 12.8. The molecule has 1 aliphatic heterocycles. The van der Waals surface area contributed by atoms with Crippen LogP contribution in [0.4, 0.5) is 26.3 Å². The molecule has 1 aliphatic rings. The molecule has 1 saturated heterocycles. The molecule has 3 nitrogen and oxygen atoms in total. The van der Waals surface area contributed by atoms with Crippen molar-refractivity contribution >= 4 is 5.97 Å². The average Bonchev–Trinajstić information content (AvgIpc) is 2.61. The van der Waals surface area contributed by atoms with Gasteiger partial charge in [-0.15, -0.1) is 0 Å². The standard InChI is InChI=1S/C19H23F6NO2/c1-28-17(27)12-13-7-10-26(9-2-8-18(20,21)22)16(11-13)14-3-5-15(6-4-14)19(23,24)25/h3-6,13,16H,2,7-12H2,1H3/t13-,16?/m1/s1. The van der Waals surface area contributed by atoms with E-state index >= 15 is 0 Å². The molecule has 1 aromatic carbocycles. The first kappa shape index (κ1) is 22.5. The zero-order valence-electron chi connectivity index (χ0n) is 15.4. The Hall–Kier alpha value is -1.77. The Morgan fingerprint density at radius 1 is 1.14 bits per heavy atom. The Balaban J connectivity index is 2.14. The van der Waals surface area contributed by atoms with Gasteiger partial charge in [-0.3, -0.25) is 9.69 Å². The number of carbonyl (C=O) groups is 1. The Morgan fingerprint density at radius 2 is 1.79 bits per heavy atom. The molecule has 0 saturated carbocycles. The number of likely N-dealkylation sites (tertiary alicyclic amines) is 1. The van der Waals surface area contributed by atoms with E-state index in [1.807, 2.05) is 4.90 Å². The lowest BCUT2D eigenvalue weighted by Crippen LogP contribution is -2.38. The molecule has 28 heavy (non-hydrogen) atoms. The van der Waals surface area contributed by atoms with Crippen LogP contribution >= 0.6 is 0 Å². The number of hydrogen-bond donors (Lipinski definition) is 0. The van der Waals surface area contributed by atoms with Crippen molar-refractivity contribution in [1.82, 2.24) is 4.90 Å². The van der Waals surface area contributed by atoms with E-state index in [4.69, 9.17) is 0 Å². The van der Waals surface area contributed by atoms with Gasteiger partial charge in [0.1, 0.15) is 0 Å². The molecule has 1 unspecified atom stereocenters. The van der Waals surface area contributed by atoms with E-state index in [0.29, 0.717) is 24.9 Å². The number of halogens is 6. The first-order valence-electron chi connectivity index (χ1n) is 9.04. The van der Waals surface area contributed by atoms with Gasteiger partial charge >= 0.3 is 18.3 Å². The van der Waals surface area contributed by atoms with Gasteiger partial charge in [0, 0.05) is 18.9 Å². The first-order valence-corrected chi connectivity index (χ1v) is 9.04. The van der Waals surface area contributed by atoms with E-state index in [1.54, 1.807) is 0 Å². The number of nitrogens with zero attached hydrogens (tertiary/aromatic N) is 1. The Labute approximate surface area is 159 Å². The van der Waals surface area contributed by atoms with Crippen molar-refractivity contribution in [3.8, 4) is 0 Å². The monoisotopic (exact) mass is 411 g/mol. The fourth-order valence-electron chi connectivity index (χ4n) is 3.58. The summed E-state index contributed by atoms with van der Waals surface area (Å²) in [5.74, 6) is -0.403. The van der Waals surface area contributed by atoms with Crippen molar-refractivity contribution < 1.29 is 35.9 Å². The highest BCUT2D eigenvalue weighted by Gasteiger charge is 2.34. The summed E-state index contributed by atoms with van der Waals surface area (Å²) in [6, 6.07) is 4.36. The number of alkyl halides is 6. The van der Waals surface area contributed by atoms with Gasteiger partial charge in [-0.1, -0.05) is 12.1 Å². The molecular weight excluding hydrogens is 388 g/mol. The van der Waals surface area contributed by atoms with Crippen LogP contribution in [-0.4, -0.2) is 37.2 Å². The van der Waals surface area contributed by atoms with Crippen LogP contribution in [0.3, 0.4) is 0 Å². The highest BCUT2D eigenvalue weighted by atomic mass is 19.4. The van der Waals surface area contributed by atoms with Crippen LogP contribution in [0.15, 0.2) is 24.3 Å². The second kappa shape index (κ2) is 9.15. The maximum absolute atomic E-state index is 12.8. The van der Waals surface area contributed by atoms with E-state index in [0.717, 1.165) is 12.1 Å². The molecule has 2 atom stereocenters. The minimum absolute atomic E-state index is 0.0291. The van der Waals surface area contributed by atoms with Gasteiger partial charge in [0.2, 0.25) is 0 Å². The molecule has 0 amide bonds. The van der Waals surface area contributed by atoms with Crippen molar-refractivity contribution in [3.63, 3.8) is 0 Å². The molecule has 1 aromatic rings. The van der Waals surface area contributed by atoms with Crippen LogP contribution in [0.25, 0.3) is 0 Å². The van der Waals surface area contributed by atoms with E-state index in [1.165, 1.54) is 19.2 Å². The van der Waals surface area contributed by atoms with E-state index in [2.05, 4.69) is 4.74 Å². The molecule has 0 spiro atoms. The molecular formula is C19H23F6NO2. The third kappa shape index (κ3) is 6.68. The fourth-order valence-corrected chi connectivity index (χ4v) is 3.58. The zero-order valence-corrected chi connectivity index (χ0v) is 15.4. The molecule has 1 fully saturated rings. The Kier molecular flexibility index (Phi) is 7.36. The Morgan fingerprint density at radius 3 is 2.32 bits per heavy atom. The third-order valence-corrected chi connectivity index (χ3v) is 5.03. The number of hydrogen-bond acceptors (Lipinski definition) is 3. The quantitative estimate of drug-likeness (QED) is 0.466. The number of esters is 1. The summed E-state index contributed by atoms with van der Waals surface area (Å²) in [4.78, 5) is 13.4. The maximum Gasteiger partial charge on any atom is 0.416 e. The predicted molar refractivity (Wildman–Crippen MR) is 90.4 cm³/mol. The summed E-state index contributed by atoms with van der Waals surface area (Å²) in [5.41, 5.74) is -0.170. The topological polar surface area (TPSA) is 29.5 Å². The lowest BCUT2D eigenvalue weighted by Gasteiger charge is -2.40.